The quantitative estimate of drug-likeness (QED) is 0.0340. The summed E-state index contributed by atoms with van der Waals surface area (Å²) in [6, 6.07) is 35.1. The van der Waals surface area contributed by atoms with Gasteiger partial charge in [-0.05, 0) is 122 Å². The molecule has 0 atom stereocenters. The molecule has 5 rings (SSSR count). The van der Waals surface area contributed by atoms with E-state index in [2.05, 4.69) is 29.1 Å². The van der Waals surface area contributed by atoms with Crippen molar-refractivity contribution < 1.29 is 28.5 Å². The van der Waals surface area contributed by atoms with E-state index >= 15 is 0 Å². The fourth-order valence-corrected chi connectivity index (χ4v) is 4.49. The van der Waals surface area contributed by atoms with Gasteiger partial charge >= 0.3 is 11.9 Å². The number of esters is 2. The van der Waals surface area contributed by atoms with Gasteiger partial charge in [0.05, 0.1) is 41.4 Å². The molecule has 0 aromatic heterocycles. The molecule has 0 aliphatic heterocycles. The first kappa shape index (κ1) is 35.2. The van der Waals surface area contributed by atoms with Gasteiger partial charge in [0.25, 0.3) is 0 Å². The second-order valence-electron chi connectivity index (χ2n) is 11.2. The van der Waals surface area contributed by atoms with Gasteiger partial charge in [-0.3, -0.25) is 4.99 Å². The SMILES string of the molecule is CCCCOc1ccc(C(=O)Oc2ccc(C=Nc3ccc(N=Nc4ccccc4)cc3)cc2OC(=O)c2ccc(OCCCC)cc2)cc1. The molecule has 5 aromatic rings. The number of azo groups is 1. The van der Waals surface area contributed by atoms with E-state index in [0.29, 0.717) is 52.8 Å². The summed E-state index contributed by atoms with van der Waals surface area (Å²) in [4.78, 5) is 30.9. The van der Waals surface area contributed by atoms with Crippen LogP contribution in [-0.2, 0) is 0 Å². The molecule has 0 bridgehead atoms. The van der Waals surface area contributed by atoms with Gasteiger partial charge in [-0.25, -0.2) is 9.59 Å². The zero-order valence-corrected chi connectivity index (χ0v) is 28.2. The van der Waals surface area contributed by atoms with Crippen LogP contribution in [0.5, 0.6) is 23.0 Å². The van der Waals surface area contributed by atoms with Crippen LogP contribution >= 0.6 is 0 Å². The molecule has 0 radical (unpaired) electrons. The standard InChI is InChI=1S/C41H39N3O6/c1-3-5-26-47-36-21-13-31(14-22-36)40(45)49-38-25-12-30(28-39(38)50-41(46)32-15-23-37(24-16-32)48-27-6-4-2)29-42-33-17-19-35(20-18-33)44-43-34-10-8-7-9-11-34/h7-25,28-29H,3-6,26-27H2,1-2H3. The van der Waals surface area contributed by atoms with Crippen LogP contribution in [0.2, 0.25) is 0 Å². The molecule has 50 heavy (non-hydrogen) atoms. The molecule has 0 N–H and O–H groups in total. The van der Waals surface area contributed by atoms with Crippen molar-refractivity contribution in [2.45, 2.75) is 39.5 Å². The highest BCUT2D eigenvalue weighted by Crippen LogP contribution is 2.31. The number of carbonyl (C=O) groups is 2. The number of ether oxygens (including phenoxy) is 4. The van der Waals surface area contributed by atoms with Crippen molar-refractivity contribution in [1.82, 2.24) is 0 Å². The lowest BCUT2D eigenvalue weighted by atomic mass is 10.2. The van der Waals surface area contributed by atoms with Crippen LogP contribution in [-0.4, -0.2) is 31.4 Å². The van der Waals surface area contributed by atoms with Gasteiger partial charge in [-0.2, -0.15) is 10.2 Å². The Morgan fingerprint density at radius 1 is 0.560 bits per heavy atom. The number of unbranched alkanes of at least 4 members (excludes halogenated alkanes) is 2. The molecule has 5 aromatic carbocycles. The fourth-order valence-electron chi connectivity index (χ4n) is 4.49. The third-order valence-corrected chi connectivity index (χ3v) is 7.34. The molecule has 0 aliphatic carbocycles. The van der Waals surface area contributed by atoms with E-state index in [-0.39, 0.29) is 11.5 Å². The molecule has 0 saturated carbocycles. The number of rotatable bonds is 16. The summed E-state index contributed by atoms with van der Waals surface area (Å²) in [7, 11) is 0. The van der Waals surface area contributed by atoms with E-state index in [1.54, 1.807) is 72.9 Å². The lowest BCUT2D eigenvalue weighted by Crippen LogP contribution is -2.13. The van der Waals surface area contributed by atoms with Crippen molar-refractivity contribution in [2.75, 3.05) is 13.2 Å². The number of hydrogen-bond donors (Lipinski definition) is 0. The molecule has 0 heterocycles. The average molecular weight is 670 g/mol. The molecule has 0 spiro atoms. The van der Waals surface area contributed by atoms with E-state index in [9.17, 15) is 9.59 Å². The van der Waals surface area contributed by atoms with Crippen LogP contribution in [0, 0.1) is 0 Å². The number of carbonyl (C=O) groups excluding carboxylic acids is 2. The van der Waals surface area contributed by atoms with E-state index in [1.165, 1.54) is 0 Å². The van der Waals surface area contributed by atoms with Crippen molar-refractivity contribution in [2.24, 2.45) is 15.2 Å². The minimum absolute atomic E-state index is 0.0618. The molecule has 0 amide bonds. The monoisotopic (exact) mass is 669 g/mol. The smallest absolute Gasteiger partial charge is 0.343 e. The molecule has 9 nitrogen and oxygen atoms in total. The van der Waals surface area contributed by atoms with Crippen molar-refractivity contribution in [3.8, 4) is 23.0 Å². The largest absolute Gasteiger partial charge is 0.494 e. The number of hydrogen-bond acceptors (Lipinski definition) is 9. The summed E-state index contributed by atoms with van der Waals surface area (Å²) in [5, 5.41) is 8.50. The third kappa shape index (κ3) is 10.7. The highest BCUT2D eigenvalue weighted by Gasteiger charge is 2.17. The lowest BCUT2D eigenvalue weighted by Gasteiger charge is -2.12. The molecule has 0 fully saturated rings. The Hall–Kier alpha value is -6.09. The summed E-state index contributed by atoms with van der Waals surface area (Å²) in [6.07, 6.45) is 5.55. The van der Waals surface area contributed by atoms with Crippen LogP contribution < -0.4 is 18.9 Å². The Kier molecular flexibility index (Phi) is 13.0. The summed E-state index contributed by atoms with van der Waals surface area (Å²) in [6.45, 7) is 5.38. The van der Waals surface area contributed by atoms with Crippen LogP contribution in [0.15, 0.2) is 137 Å². The van der Waals surface area contributed by atoms with E-state index in [4.69, 9.17) is 18.9 Å². The number of benzene rings is 5. The topological polar surface area (TPSA) is 108 Å². The predicted octanol–water partition coefficient (Wildman–Crippen LogP) is 10.6. The first-order valence-corrected chi connectivity index (χ1v) is 16.7. The molecule has 0 saturated heterocycles. The van der Waals surface area contributed by atoms with Gasteiger partial charge in [0.15, 0.2) is 11.5 Å². The first-order chi connectivity index (χ1) is 24.5. The van der Waals surface area contributed by atoms with Crippen molar-refractivity contribution >= 4 is 35.2 Å². The minimum Gasteiger partial charge on any atom is -0.494 e. The van der Waals surface area contributed by atoms with Crippen molar-refractivity contribution in [3.05, 3.63) is 138 Å². The van der Waals surface area contributed by atoms with Crippen LogP contribution in [0.1, 0.15) is 65.8 Å². The zero-order valence-electron chi connectivity index (χ0n) is 28.2. The summed E-state index contributed by atoms with van der Waals surface area (Å²) in [5.41, 5.74) is 3.38. The second kappa shape index (κ2) is 18.5. The van der Waals surface area contributed by atoms with Gasteiger partial charge < -0.3 is 18.9 Å². The number of aliphatic imine (C=N–C) groups is 1. The molecule has 254 valence electrons. The van der Waals surface area contributed by atoms with Crippen LogP contribution in [0.3, 0.4) is 0 Å². The van der Waals surface area contributed by atoms with Gasteiger partial charge in [0, 0.05) is 6.21 Å². The Labute approximate surface area is 292 Å². The molecular weight excluding hydrogens is 630 g/mol. The first-order valence-electron chi connectivity index (χ1n) is 16.7. The van der Waals surface area contributed by atoms with Gasteiger partial charge in [-0.15, -0.1) is 0 Å². The van der Waals surface area contributed by atoms with Gasteiger partial charge in [-0.1, -0.05) is 44.9 Å². The van der Waals surface area contributed by atoms with E-state index < -0.39 is 11.9 Å². The average Bonchev–Trinajstić information content (AvgIpc) is 3.15. The maximum Gasteiger partial charge on any atom is 0.343 e. The zero-order chi connectivity index (χ0) is 35.0. The van der Waals surface area contributed by atoms with Crippen molar-refractivity contribution in [1.29, 1.82) is 0 Å². The normalized spacial score (nSPS) is 11.1. The maximum atomic E-state index is 13.2. The van der Waals surface area contributed by atoms with Gasteiger partial charge in [0.2, 0.25) is 0 Å². The van der Waals surface area contributed by atoms with E-state index in [0.717, 1.165) is 31.4 Å². The van der Waals surface area contributed by atoms with Crippen LogP contribution in [0.25, 0.3) is 0 Å². The Morgan fingerprint density at radius 2 is 1.06 bits per heavy atom. The van der Waals surface area contributed by atoms with E-state index in [1.807, 2.05) is 54.6 Å². The fraction of sp³-hybridized carbons (Fsp3) is 0.195. The highest BCUT2D eigenvalue weighted by molar-refractivity contribution is 5.94. The summed E-state index contributed by atoms with van der Waals surface area (Å²) < 4.78 is 22.9. The highest BCUT2D eigenvalue weighted by atomic mass is 16.6. The molecule has 0 aliphatic rings. The Morgan fingerprint density at radius 3 is 1.60 bits per heavy atom. The van der Waals surface area contributed by atoms with Gasteiger partial charge in [0.1, 0.15) is 11.5 Å². The number of nitrogens with zero attached hydrogens (tertiary/aromatic N) is 3. The molecular formula is C41H39N3O6. The maximum absolute atomic E-state index is 13.2. The Bertz CT molecular complexity index is 1890. The summed E-state index contributed by atoms with van der Waals surface area (Å²) in [5.74, 6) is 0.244. The second-order valence-corrected chi connectivity index (χ2v) is 11.2. The third-order valence-electron chi connectivity index (χ3n) is 7.34. The Balaban J connectivity index is 1.32. The molecule has 9 heteroatoms. The minimum atomic E-state index is -0.620. The summed E-state index contributed by atoms with van der Waals surface area (Å²) >= 11 is 0. The predicted molar refractivity (Wildman–Crippen MR) is 194 cm³/mol. The molecule has 0 unspecified atom stereocenters. The lowest BCUT2D eigenvalue weighted by molar-refractivity contribution is 0.0682. The van der Waals surface area contributed by atoms with Crippen molar-refractivity contribution in [3.63, 3.8) is 0 Å². The van der Waals surface area contributed by atoms with Crippen LogP contribution in [0.4, 0.5) is 17.1 Å².